The summed E-state index contributed by atoms with van der Waals surface area (Å²) in [6.45, 7) is 4.17. The Morgan fingerprint density at radius 1 is 1.09 bits per heavy atom. The van der Waals surface area contributed by atoms with Crippen molar-refractivity contribution in [2.75, 3.05) is 25.6 Å². The molecular formula is C25H25BrN2O4. The van der Waals surface area contributed by atoms with Crippen LogP contribution in [-0.2, 0) is 4.79 Å². The smallest absolute Gasteiger partial charge is 0.262 e. The second kappa shape index (κ2) is 11.3. The summed E-state index contributed by atoms with van der Waals surface area (Å²) in [4.78, 5) is 16.8. The maximum absolute atomic E-state index is 12.3. The molecule has 1 N–H and O–H groups in total. The fourth-order valence-electron chi connectivity index (χ4n) is 2.94. The lowest BCUT2D eigenvalue weighted by atomic mass is 10.2. The normalized spacial score (nSPS) is 10.8. The lowest BCUT2D eigenvalue weighted by Crippen LogP contribution is -2.20. The highest BCUT2D eigenvalue weighted by Crippen LogP contribution is 2.36. The number of rotatable bonds is 9. The maximum Gasteiger partial charge on any atom is 0.262 e. The van der Waals surface area contributed by atoms with Gasteiger partial charge in [0, 0.05) is 11.9 Å². The maximum atomic E-state index is 12.3. The number of anilines is 1. The van der Waals surface area contributed by atoms with Gasteiger partial charge in [0.2, 0.25) is 0 Å². The fourth-order valence-corrected chi connectivity index (χ4v) is 3.51. The summed E-state index contributed by atoms with van der Waals surface area (Å²) >= 11 is 3.52. The van der Waals surface area contributed by atoms with Gasteiger partial charge in [-0.1, -0.05) is 12.1 Å². The highest BCUT2D eigenvalue weighted by atomic mass is 79.9. The topological polar surface area (TPSA) is 69.1 Å². The van der Waals surface area contributed by atoms with Crippen LogP contribution in [0.25, 0.3) is 0 Å². The van der Waals surface area contributed by atoms with Gasteiger partial charge < -0.3 is 19.5 Å². The van der Waals surface area contributed by atoms with Gasteiger partial charge in [-0.05, 0) is 89.4 Å². The highest BCUT2D eigenvalue weighted by Gasteiger charge is 2.14. The summed E-state index contributed by atoms with van der Waals surface area (Å²) in [5.41, 5.74) is 3.42. The van der Waals surface area contributed by atoms with Crippen molar-refractivity contribution in [3.63, 3.8) is 0 Å². The molecule has 0 aromatic heterocycles. The van der Waals surface area contributed by atoms with E-state index in [1.165, 1.54) is 0 Å². The Bertz CT molecular complexity index is 1100. The second-order valence-corrected chi connectivity index (χ2v) is 7.78. The Morgan fingerprint density at radius 3 is 2.56 bits per heavy atom. The summed E-state index contributed by atoms with van der Waals surface area (Å²) < 4.78 is 17.4. The number of aryl methyl sites for hydroxylation is 1. The molecular weight excluding hydrogens is 472 g/mol. The second-order valence-electron chi connectivity index (χ2n) is 6.93. The van der Waals surface area contributed by atoms with Gasteiger partial charge in [0.15, 0.2) is 18.1 Å². The number of methoxy groups -OCH3 is 1. The fraction of sp³-hybridized carbons (Fsp3) is 0.200. The minimum absolute atomic E-state index is 0.147. The Balaban J connectivity index is 1.71. The van der Waals surface area contributed by atoms with Gasteiger partial charge in [0.05, 0.1) is 23.9 Å². The summed E-state index contributed by atoms with van der Waals surface area (Å²) in [7, 11) is 1.63. The minimum Gasteiger partial charge on any atom is -0.497 e. The summed E-state index contributed by atoms with van der Waals surface area (Å²) in [6, 6.07) is 18.7. The molecule has 1 amide bonds. The van der Waals surface area contributed by atoms with Crippen LogP contribution < -0.4 is 19.5 Å². The molecule has 6 nitrogen and oxygen atoms in total. The molecule has 3 aromatic carbocycles. The lowest BCUT2D eigenvalue weighted by Gasteiger charge is -2.14. The van der Waals surface area contributed by atoms with Crippen LogP contribution in [-0.4, -0.2) is 32.4 Å². The first-order chi connectivity index (χ1) is 15.5. The van der Waals surface area contributed by atoms with E-state index in [-0.39, 0.29) is 12.5 Å². The molecule has 7 heteroatoms. The van der Waals surface area contributed by atoms with Crippen LogP contribution in [0.15, 0.2) is 70.1 Å². The van der Waals surface area contributed by atoms with E-state index in [9.17, 15) is 4.79 Å². The standard InChI is InChI=1S/C25H25BrN2O4/c1-4-31-23-14-18(15-27-19-8-10-21(30-3)11-9-19)13-22(26)25(23)32-16-24(29)28-20-7-5-6-17(2)12-20/h5-15H,4,16H2,1-3H3,(H,28,29). The van der Waals surface area contributed by atoms with Crippen LogP contribution >= 0.6 is 15.9 Å². The predicted octanol–water partition coefficient (Wildman–Crippen LogP) is 5.93. The van der Waals surface area contributed by atoms with E-state index >= 15 is 0 Å². The van der Waals surface area contributed by atoms with Gasteiger partial charge in [-0.3, -0.25) is 9.79 Å². The van der Waals surface area contributed by atoms with Crippen molar-refractivity contribution in [1.82, 2.24) is 0 Å². The molecule has 0 aliphatic rings. The summed E-state index contributed by atoms with van der Waals surface area (Å²) in [5.74, 6) is 1.52. The van der Waals surface area contributed by atoms with Crippen molar-refractivity contribution in [1.29, 1.82) is 0 Å². The minimum atomic E-state index is -0.255. The number of amides is 1. The quantitative estimate of drug-likeness (QED) is 0.372. The van der Waals surface area contributed by atoms with E-state index in [4.69, 9.17) is 14.2 Å². The number of hydrogen-bond donors (Lipinski definition) is 1. The third-order valence-corrected chi connectivity index (χ3v) is 5.01. The SMILES string of the molecule is CCOc1cc(C=Nc2ccc(OC)cc2)cc(Br)c1OCC(=O)Nc1cccc(C)c1. The molecule has 0 bridgehead atoms. The average Bonchev–Trinajstić information content (AvgIpc) is 2.77. The molecule has 0 unspecified atom stereocenters. The van der Waals surface area contributed by atoms with Gasteiger partial charge in [0.1, 0.15) is 5.75 Å². The van der Waals surface area contributed by atoms with Crippen LogP contribution in [0.2, 0.25) is 0 Å². The van der Waals surface area contributed by atoms with Gasteiger partial charge in [-0.2, -0.15) is 0 Å². The first-order valence-electron chi connectivity index (χ1n) is 10.1. The van der Waals surface area contributed by atoms with E-state index in [0.717, 1.165) is 28.3 Å². The van der Waals surface area contributed by atoms with Crippen molar-refractivity contribution < 1.29 is 19.0 Å². The molecule has 0 spiro atoms. The van der Waals surface area contributed by atoms with E-state index in [2.05, 4.69) is 26.2 Å². The van der Waals surface area contributed by atoms with Crippen LogP contribution in [0, 0.1) is 6.92 Å². The predicted molar refractivity (Wildman–Crippen MR) is 131 cm³/mol. The summed E-state index contributed by atoms with van der Waals surface area (Å²) in [6.07, 6.45) is 1.74. The third kappa shape index (κ3) is 6.59. The molecule has 0 aliphatic carbocycles. The number of aliphatic imine (C=N–C) groups is 1. The zero-order chi connectivity index (χ0) is 22.9. The van der Waals surface area contributed by atoms with Gasteiger partial charge in [0.25, 0.3) is 5.91 Å². The Labute approximate surface area is 196 Å². The van der Waals surface area contributed by atoms with Crippen molar-refractivity contribution >= 4 is 39.4 Å². The number of hydrogen-bond acceptors (Lipinski definition) is 5. The zero-order valence-electron chi connectivity index (χ0n) is 18.2. The molecule has 0 atom stereocenters. The Hall–Kier alpha value is -3.32. The number of carbonyl (C=O) groups excluding carboxylic acids is 1. The van der Waals surface area contributed by atoms with Gasteiger partial charge >= 0.3 is 0 Å². The number of halogens is 1. The van der Waals surface area contributed by atoms with Crippen molar-refractivity contribution in [3.05, 3.63) is 76.3 Å². The molecule has 0 heterocycles. The largest absolute Gasteiger partial charge is 0.497 e. The van der Waals surface area contributed by atoms with Crippen LogP contribution in [0.1, 0.15) is 18.1 Å². The molecule has 3 rings (SSSR count). The molecule has 0 saturated heterocycles. The van der Waals surface area contributed by atoms with Crippen molar-refractivity contribution in [2.24, 2.45) is 4.99 Å². The third-order valence-electron chi connectivity index (χ3n) is 4.42. The van der Waals surface area contributed by atoms with Crippen LogP contribution in [0.4, 0.5) is 11.4 Å². The van der Waals surface area contributed by atoms with Gasteiger partial charge in [-0.15, -0.1) is 0 Å². The lowest BCUT2D eigenvalue weighted by molar-refractivity contribution is -0.118. The monoisotopic (exact) mass is 496 g/mol. The number of nitrogens with one attached hydrogen (secondary N) is 1. The number of carbonyl (C=O) groups is 1. The van der Waals surface area contributed by atoms with E-state index in [1.54, 1.807) is 13.3 Å². The number of benzene rings is 3. The van der Waals surface area contributed by atoms with Crippen LogP contribution in [0.5, 0.6) is 17.2 Å². The average molecular weight is 497 g/mol. The molecule has 0 radical (unpaired) electrons. The van der Waals surface area contributed by atoms with E-state index < -0.39 is 0 Å². The summed E-state index contributed by atoms with van der Waals surface area (Å²) in [5, 5.41) is 2.83. The number of nitrogens with zero attached hydrogens (tertiary/aromatic N) is 1. The highest BCUT2D eigenvalue weighted by molar-refractivity contribution is 9.10. The molecule has 32 heavy (non-hydrogen) atoms. The van der Waals surface area contributed by atoms with Gasteiger partial charge in [-0.25, -0.2) is 0 Å². The van der Waals surface area contributed by atoms with Crippen molar-refractivity contribution in [3.8, 4) is 17.2 Å². The molecule has 3 aromatic rings. The van der Waals surface area contributed by atoms with Crippen molar-refractivity contribution in [2.45, 2.75) is 13.8 Å². The van der Waals surface area contributed by atoms with E-state index in [0.29, 0.717) is 22.6 Å². The molecule has 0 saturated carbocycles. The Kier molecular flexibility index (Phi) is 8.27. The molecule has 166 valence electrons. The zero-order valence-corrected chi connectivity index (χ0v) is 19.8. The first-order valence-corrected chi connectivity index (χ1v) is 10.9. The molecule has 0 fully saturated rings. The molecule has 0 aliphatic heterocycles. The Morgan fingerprint density at radius 2 is 1.88 bits per heavy atom. The first kappa shape index (κ1) is 23.3. The van der Waals surface area contributed by atoms with Crippen LogP contribution in [0.3, 0.4) is 0 Å². The van der Waals surface area contributed by atoms with E-state index in [1.807, 2.05) is 74.5 Å². The number of ether oxygens (including phenoxy) is 3.